The average Bonchev–Trinajstić information content (AvgIpc) is 2.89. The molecular formula is C14H11NO3. The summed E-state index contributed by atoms with van der Waals surface area (Å²) in [7, 11) is 0. The Kier molecular flexibility index (Phi) is 2.61. The smallest absolute Gasteiger partial charge is 0.174 e. The normalized spacial score (nSPS) is 10.7. The molecule has 0 saturated heterocycles. The lowest BCUT2D eigenvalue weighted by molar-refractivity contribution is 0.249. The van der Waals surface area contributed by atoms with Crippen LogP contribution in [0.15, 0.2) is 53.2 Å². The van der Waals surface area contributed by atoms with Gasteiger partial charge in [-0.2, -0.15) is 0 Å². The van der Waals surface area contributed by atoms with Gasteiger partial charge in [0.2, 0.25) is 0 Å². The fourth-order valence-electron chi connectivity index (χ4n) is 1.77. The summed E-state index contributed by atoms with van der Waals surface area (Å²) in [6.07, 6.45) is 1.58. The Hall–Kier alpha value is -2.49. The molecule has 0 fully saturated rings. The molecule has 0 aliphatic heterocycles. The molecule has 4 nitrogen and oxygen atoms in total. The van der Waals surface area contributed by atoms with Gasteiger partial charge in [-0.1, -0.05) is 17.3 Å². The largest absolute Gasteiger partial charge is 0.508 e. The van der Waals surface area contributed by atoms with Crippen LogP contribution in [0.5, 0.6) is 11.5 Å². The van der Waals surface area contributed by atoms with Gasteiger partial charge in [0, 0.05) is 6.07 Å². The van der Waals surface area contributed by atoms with Crippen molar-refractivity contribution in [2.45, 2.75) is 6.61 Å². The summed E-state index contributed by atoms with van der Waals surface area (Å²) >= 11 is 0. The maximum atomic E-state index is 9.44. The molecule has 0 bridgehead atoms. The summed E-state index contributed by atoms with van der Waals surface area (Å²) < 4.78 is 10.5. The van der Waals surface area contributed by atoms with E-state index in [1.807, 2.05) is 24.3 Å². The van der Waals surface area contributed by atoms with Crippen molar-refractivity contribution in [2.24, 2.45) is 0 Å². The summed E-state index contributed by atoms with van der Waals surface area (Å²) in [6, 6.07) is 12.7. The number of phenolic OH excluding ortho intramolecular Hbond substituents is 1. The Balaban J connectivity index is 1.84. The molecule has 3 aromatic rings. The third-order valence-electron chi connectivity index (χ3n) is 2.67. The van der Waals surface area contributed by atoms with Crippen molar-refractivity contribution in [1.29, 1.82) is 0 Å². The fraction of sp³-hybridized carbons (Fsp3) is 0.0714. The molecule has 0 aliphatic carbocycles. The van der Waals surface area contributed by atoms with Gasteiger partial charge in [-0.25, -0.2) is 0 Å². The van der Waals surface area contributed by atoms with Crippen molar-refractivity contribution in [3.63, 3.8) is 0 Å². The van der Waals surface area contributed by atoms with Crippen molar-refractivity contribution in [3.8, 4) is 11.5 Å². The van der Waals surface area contributed by atoms with E-state index in [1.54, 1.807) is 24.4 Å². The highest BCUT2D eigenvalue weighted by atomic mass is 16.5. The van der Waals surface area contributed by atoms with E-state index < -0.39 is 0 Å². The predicted molar refractivity (Wildman–Crippen MR) is 66.4 cm³/mol. The zero-order chi connectivity index (χ0) is 12.4. The van der Waals surface area contributed by atoms with Crippen LogP contribution in [0.4, 0.5) is 0 Å². The summed E-state index contributed by atoms with van der Waals surface area (Å²) in [5, 5.41) is 15.0. The van der Waals surface area contributed by atoms with Crippen molar-refractivity contribution in [1.82, 2.24) is 5.16 Å². The van der Waals surface area contributed by atoms with E-state index in [-0.39, 0.29) is 5.75 Å². The van der Waals surface area contributed by atoms with Gasteiger partial charge in [0.15, 0.2) is 5.76 Å². The number of fused-ring (bicyclic) bond motifs is 1. The van der Waals surface area contributed by atoms with E-state index in [0.29, 0.717) is 12.4 Å². The van der Waals surface area contributed by atoms with Gasteiger partial charge in [-0.3, -0.25) is 0 Å². The molecule has 90 valence electrons. The Bertz CT molecular complexity index is 662. The lowest BCUT2D eigenvalue weighted by Gasteiger charge is -2.05. The first-order chi connectivity index (χ1) is 8.81. The molecule has 4 heteroatoms. The average molecular weight is 241 g/mol. The number of nitrogens with zero attached hydrogens (tertiary/aromatic N) is 1. The highest BCUT2D eigenvalue weighted by molar-refractivity contribution is 5.85. The van der Waals surface area contributed by atoms with Crippen LogP contribution in [0.1, 0.15) is 5.76 Å². The number of benzene rings is 2. The molecule has 0 saturated carbocycles. The Labute approximate surface area is 103 Å². The molecule has 0 unspecified atom stereocenters. The molecule has 0 amide bonds. The second-order valence-corrected chi connectivity index (χ2v) is 3.96. The SMILES string of the molecule is Oc1ccc2ccc(OCc3ccno3)cc2c1. The van der Waals surface area contributed by atoms with E-state index >= 15 is 0 Å². The van der Waals surface area contributed by atoms with E-state index in [9.17, 15) is 5.11 Å². The number of rotatable bonds is 3. The summed E-state index contributed by atoms with van der Waals surface area (Å²) in [5.41, 5.74) is 0. The number of ether oxygens (including phenoxy) is 1. The minimum atomic E-state index is 0.245. The Morgan fingerprint density at radius 3 is 2.78 bits per heavy atom. The van der Waals surface area contributed by atoms with E-state index in [4.69, 9.17) is 9.26 Å². The minimum absolute atomic E-state index is 0.245. The van der Waals surface area contributed by atoms with Gasteiger partial charge in [-0.15, -0.1) is 0 Å². The molecule has 0 spiro atoms. The quantitative estimate of drug-likeness (QED) is 0.765. The number of aromatic hydroxyl groups is 1. The zero-order valence-corrected chi connectivity index (χ0v) is 9.54. The molecule has 1 aromatic heterocycles. The van der Waals surface area contributed by atoms with Crippen LogP contribution in [0.3, 0.4) is 0 Å². The number of hydrogen-bond acceptors (Lipinski definition) is 4. The molecule has 0 radical (unpaired) electrons. The lowest BCUT2D eigenvalue weighted by Crippen LogP contribution is -1.93. The minimum Gasteiger partial charge on any atom is -0.508 e. The van der Waals surface area contributed by atoms with E-state index in [1.165, 1.54) is 0 Å². The van der Waals surface area contributed by atoms with E-state index in [2.05, 4.69) is 5.16 Å². The van der Waals surface area contributed by atoms with Crippen LogP contribution in [0, 0.1) is 0 Å². The lowest BCUT2D eigenvalue weighted by atomic mass is 10.1. The predicted octanol–water partition coefficient (Wildman–Crippen LogP) is 3.11. The number of phenols is 1. The fourth-order valence-corrected chi connectivity index (χ4v) is 1.77. The number of hydrogen-bond donors (Lipinski definition) is 1. The first-order valence-electron chi connectivity index (χ1n) is 5.56. The maximum Gasteiger partial charge on any atom is 0.174 e. The molecular weight excluding hydrogens is 230 g/mol. The summed E-state index contributed by atoms with van der Waals surface area (Å²) in [5.74, 6) is 1.64. The number of aromatic nitrogens is 1. The van der Waals surface area contributed by atoms with Crippen LogP contribution in [0.2, 0.25) is 0 Å². The van der Waals surface area contributed by atoms with Crippen LogP contribution < -0.4 is 4.74 Å². The van der Waals surface area contributed by atoms with Crippen LogP contribution in [-0.4, -0.2) is 10.3 Å². The monoisotopic (exact) mass is 241 g/mol. The van der Waals surface area contributed by atoms with Gasteiger partial charge in [0.25, 0.3) is 0 Å². The van der Waals surface area contributed by atoms with Crippen LogP contribution >= 0.6 is 0 Å². The van der Waals surface area contributed by atoms with Crippen molar-refractivity contribution in [2.75, 3.05) is 0 Å². The molecule has 1 N–H and O–H groups in total. The standard InChI is InChI=1S/C14H11NO3/c16-12-3-1-10-2-4-13(8-11(10)7-12)17-9-14-5-6-15-18-14/h1-8,16H,9H2. The summed E-state index contributed by atoms with van der Waals surface area (Å²) in [6.45, 7) is 0.338. The molecule has 3 rings (SSSR count). The van der Waals surface area contributed by atoms with Crippen molar-refractivity contribution >= 4 is 10.8 Å². The van der Waals surface area contributed by atoms with Gasteiger partial charge < -0.3 is 14.4 Å². The first kappa shape index (κ1) is 10.7. The molecule has 2 aromatic carbocycles. The zero-order valence-electron chi connectivity index (χ0n) is 9.54. The maximum absolute atomic E-state index is 9.44. The molecule has 1 heterocycles. The Morgan fingerprint density at radius 2 is 1.94 bits per heavy atom. The highest BCUT2D eigenvalue weighted by Crippen LogP contribution is 2.24. The van der Waals surface area contributed by atoms with Crippen molar-refractivity contribution < 1.29 is 14.4 Å². The van der Waals surface area contributed by atoms with Crippen LogP contribution in [-0.2, 0) is 6.61 Å². The molecule has 18 heavy (non-hydrogen) atoms. The van der Waals surface area contributed by atoms with Crippen LogP contribution in [0.25, 0.3) is 10.8 Å². The van der Waals surface area contributed by atoms with E-state index in [0.717, 1.165) is 16.5 Å². The summed E-state index contributed by atoms with van der Waals surface area (Å²) in [4.78, 5) is 0. The Morgan fingerprint density at radius 1 is 1.06 bits per heavy atom. The van der Waals surface area contributed by atoms with Gasteiger partial charge in [0.1, 0.15) is 18.1 Å². The topological polar surface area (TPSA) is 55.5 Å². The van der Waals surface area contributed by atoms with Gasteiger partial charge in [0.05, 0.1) is 6.20 Å². The van der Waals surface area contributed by atoms with Gasteiger partial charge in [-0.05, 0) is 35.0 Å². The second kappa shape index (κ2) is 4.41. The van der Waals surface area contributed by atoms with Crippen molar-refractivity contribution in [3.05, 3.63) is 54.4 Å². The highest BCUT2D eigenvalue weighted by Gasteiger charge is 2.01. The third kappa shape index (κ3) is 2.13. The molecule has 0 aliphatic rings. The first-order valence-corrected chi connectivity index (χ1v) is 5.56. The third-order valence-corrected chi connectivity index (χ3v) is 2.67. The molecule has 0 atom stereocenters. The van der Waals surface area contributed by atoms with Gasteiger partial charge >= 0.3 is 0 Å². The second-order valence-electron chi connectivity index (χ2n) is 3.96.